The van der Waals surface area contributed by atoms with Gasteiger partial charge in [-0.2, -0.15) is 4.99 Å². The summed E-state index contributed by atoms with van der Waals surface area (Å²) in [7, 11) is 0. The largest absolute Gasteiger partial charge is 0.316 e. The Balaban J connectivity index is 1.82. The van der Waals surface area contributed by atoms with Crippen molar-refractivity contribution < 1.29 is 4.79 Å². The minimum atomic E-state index is -0.405. The van der Waals surface area contributed by atoms with E-state index in [9.17, 15) is 4.79 Å². The molecule has 2 aliphatic heterocycles. The van der Waals surface area contributed by atoms with E-state index in [4.69, 9.17) is 28.6 Å². The number of nitrogens with one attached hydrogen (secondary N) is 1. The maximum atomic E-state index is 12.5. The van der Waals surface area contributed by atoms with Crippen molar-refractivity contribution in [3.63, 3.8) is 0 Å². The summed E-state index contributed by atoms with van der Waals surface area (Å²) in [5.41, 5.74) is 4.58. The average molecular weight is 431 g/mol. The Bertz CT molecular complexity index is 1140. The molecule has 0 radical (unpaired) electrons. The summed E-state index contributed by atoms with van der Waals surface area (Å²) in [6.07, 6.45) is 1.72. The van der Waals surface area contributed by atoms with Gasteiger partial charge in [-0.3, -0.25) is 15.1 Å². The lowest BCUT2D eigenvalue weighted by Gasteiger charge is -2.25. The van der Waals surface area contributed by atoms with Gasteiger partial charge in [-0.1, -0.05) is 35.0 Å². The first-order chi connectivity index (χ1) is 13.3. The number of aryl methyl sites for hydroxylation is 1. The molecule has 4 rings (SSSR count). The van der Waals surface area contributed by atoms with Crippen LogP contribution in [0.2, 0.25) is 10.0 Å². The molecule has 1 aromatic carbocycles. The monoisotopic (exact) mass is 430 g/mol. The maximum absolute atomic E-state index is 12.5. The Kier molecular flexibility index (Phi) is 4.73. The lowest BCUT2D eigenvalue weighted by molar-refractivity contribution is -0.114. The molecule has 1 N–H and O–H groups in total. The molecule has 0 fully saturated rings. The summed E-state index contributed by atoms with van der Waals surface area (Å²) in [6, 6.07) is 7.26. The number of thioether (sulfide) groups is 1. The Morgan fingerprint density at radius 1 is 1.18 bits per heavy atom. The second-order valence-corrected chi connectivity index (χ2v) is 8.26. The molecule has 0 saturated carbocycles. The van der Waals surface area contributed by atoms with Crippen LogP contribution in [-0.4, -0.2) is 26.4 Å². The average Bonchev–Trinajstić information content (AvgIpc) is 3.13. The van der Waals surface area contributed by atoms with Crippen LogP contribution >= 0.6 is 35.0 Å². The number of carbonyl (C=O) groups is 1. The standard InChI is InChI=1S/C20H16Cl2N4OS/c1-10-6-13(12(3)25(10)17-8-14(21)4-5-16(17)22)7-15-18(23)26-11(2)9-28-20(26)24-19(15)27/h4-9,23H,1-3H3/b15-7-,23-18?. The van der Waals surface area contributed by atoms with Gasteiger partial charge in [0.1, 0.15) is 5.84 Å². The van der Waals surface area contributed by atoms with Gasteiger partial charge in [0.2, 0.25) is 0 Å². The number of benzene rings is 1. The van der Waals surface area contributed by atoms with Gasteiger partial charge in [-0.25, -0.2) is 0 Å². The molecule has 8 heteroatoms. The van der Waals surface area contributed by atoms with Crippen molar-refractivity contribution in [2.45, 2.75) is 20.8 Å². The molecular formula is C20H16Cl2N4OS. The SMILES string of the molecule is CC1=CSC2=NC(=O)/C(=C\c3cc(C)n(-c4cc(Cl)ccc4Cl)c3C)C(=N)N12. The van der Waals surface area contributed by atoms with Crippen LogP contribution in [0.25, 0.3) is 11.8 Å². The van der Waals surface area contributed by atoms with E-state index in [0.29, 0.717) is 15.2 Å². The molecule has 1 aromatic heterocycles. The van der Waals surface area contributed by atoms with Crippen LogP contribution < -0.4 is 0 Å². The molecule has 0 aliphatic carbocycles. The zero-order chi connectivity index (χ0) is 20.2. The van der Waals surface area contributed by atoms with E-state index < -0.39 is 5.91 Å². The summed E-state index contributed by atoms with van der Waals surface area (Å²) in [5, 5.41) is 12.1. The number of hydrogen-bond donors (Lipinski definition) is 1. The van der Waals surface area contributed by atoms with Crippen LogP contribution in [-0.2, 0) is 4.79 Å². The summed E-state index contributed by atoms with van der Waals surface area (Å²) >= 11 is 13.9. The zero-order valence-corrected chi connectivity index (χ0v) is 17.7. The Labute approximate surface area is 176 Å². The van der Waals surface area contributed by atoms with Gasteiger partial charge >= 0.3 is 0 Å². The van der Waals surface area contributed by atoms with E-state index in [-0.39, 0.29) is 11.4 Å². The van der Waals surface area contributed by atoms with Crippen molar-refractivity contribution >= 4 is 58.0 Å². The number of amidine groups is 2. The highest BCUT2D eigenvalue weighted by atomic mass is 35.5. The number of halogens is 2. The van der Waals surface area contributed by atoms with Crippen molar-refractivity contribution in [3.8, 4) is 5.69 Å². The van der Waals surface area contributed by atoms with E-state index in [1.165, 1.54) is 11.8 Å². The quantitative estimate of drug-likeness (QED) is 0.633. The predicted octanol–water partition coefficient (Wildman–Crippen LogP) is 5.57. The lowest BCUT2D eigenvalue weighted by Crippen LogP contribution is -2.37. The Hall–Kier alpha value is -2.28. The zero-order valence-electron chi connectivity index (χ0n) is 15.4. The minimum absolute atomic E-state index is 0.138. The van der Waals surface area contributed by atoms with Gasteiger partial charge in [0.15, 0.2) is 5.17 Å². The van der Waals surface area contributed by atoms with Crippen molar-refractivity contribution in [3.05, 3.63) is 67.9 Å². The molecule has 0 saturated heterocycles. The van der Waals surface area contributed by atoms with Crippen molar-refractivity contribution in [1.29, 1.82) is 5.41 Å². The topological polar surface area (TPSA) is 61.5 Å². The molecule has 1 amide bonds. The minimum Gasteiger partial charge on any atom is -0.316 e. The van der Waals surface area contributed by atoms with Crippen LogP contribution in [0.5, 0.6) is 0 Å². The molecular weight excluding hydrogens is 415 g/mol. The third-order valence-electron chi connectivity index (χ3n) is 4.70. The number of aromatic nitrogens is 1. The number of hydrogen-bond acceptors (Lipinski definition) is 3. The van der Waals surface area contributed by atoms with Crippen molar-refractivity contribution in [1.82, 2.24) is 9.47 Å². The number of allylic oxidation sites excluding steroid dienone is 1. The number of nitrogens with zero attached hydrogens (tertiary/aromatic N) is 3. The number of aliphatic imine (C=N–C) groups is 1. The number of carbonyl (C=O) groups excluding carboxylic acids is 1. The first kappa shape index (κ1) is 19.1. The van der Waals surface area contributed by atoms with Gasteiger partial charge < -0.3 is 4.57 Å². The van der Waals surface area contributed by atoms with E-state index in [1.54, 1.807) is 29.2 Å². The van der Waals surface area contributed by atoms with Gasteiger partial charge in [0, 0.05) is 22.1 Å². The highest BCUT2D eigenvalue weighted by Crippen LogP contribution is 2.33. The maximum Gasteiger partial charge on any atom is 0.283 e. The fourth-order valence-corrected chi connectivity index (χ4v) is 4.58. The van der Waals surface area contributed by atoms with Crippen LogP contribution in [0, 0.1) is 19.3 Å². The lowest BCUT2D eigenvalue weighted by atomic mass is 10.1. The number of rotatable bonds is 2. The molecule has 3 heterocycles. The molecule has 0 spiro atoms. The molecule has 2 aromatic rings. The molecule has 0 unspecified atom stereocenters. The summed E-state index contributed by atoms with van der Waals surface area (Å²) < 4.78 is 1.99. The van der Waals surface area contributed by atoms with E-state index in [0.717, 1.165) is 28.3 Å². The molecule has 28 heavy (non-hydrogen) atoms. The smallest absolute Gasteiger partial charge is 0.283 e. The van der Waals surface area contributed by atoms with Gasteiger partial charge in [-0.05, 0) is 62.1 Å². The van der Waals surface area contributed by atoms with E-state index in [1.807, 2.05) is 36.8 Å². The second kappa shape index (κ2) is 6.95. The predicted molar refractivity (Wildman–Crippen MR) is 117 cm³/mol. The highest BCUT2D eigenvalue weighted by Gasteiger charge is 2.34. The number of amides is 1. The summed E-state index contributed by atoms with van der Waals surface area (Å²) in [4.78, 5) is 18.3. The molecule has 5 nitrogen and oxygen atoms in total. The fraction of sp³-hybridized carbons (Fsp3) is 0.150. The third-order valence-corrected chi connectivity index (χ3v) is 6.20. The summed E-state index contributed by atoms with van der Waals surface area (Å²) in [6.45, 7) is 5.80. The van der Waals surface area contributed by atoms with E-state index >= 15 is 0 Å². The Morgan fingerprint density at radius 2 is 1.93 bits per heavy atom. The van der Waals surface area contributed by atoms with E-state index in [2.05, 4.69) is 4.99 Å². The second-order valence-electron chi connectivity index (χ2n) is 6.58. The highest BCUT2D eigenvalue weighted by molar-refractivity contribution is 8.16. The van der Waals surface area contributed by atoms with Crippen molar-refractivity contribution in [2.24, 2.45) is 4.99 Å². The fourth-order valence-electron chi connectivity index (χ4n) is 3.36. The van der Waals surface area contributed by atoms with Gasteiger partial charge in [0.05, 0.1) is 16.3 Å². The third kappa shape index (κ3) is 3.02. The molecule has 2 aliphatic rings. The molecule has 0 bridgehead atoms. The van der Waals surface area contributed by atoms with Crippen molar-refractivity contribution in [2.75, 3.05) is 0 Å². The van der Waals surface area contributed by atoms with Crippen LogP contribution in [0.4, 0.5) is 0 Å². The Morgan fingerprint density at radius 3 is 2.68 bits per heavy atom. The summed E-state index contributed by atoms with van der Waals surface area (Å²) in [5.74, 6) is -0.267. The van der Waals surface area contributed by atoms with Gasteiger partial charge in [-0.15, -0.1) is 0 Å². The van der Waals surface area contributed by atoms with Crippen LogP contribution in [0.15, 0.2) is 45.9 Å². The first-order valence-electron chi connectivity index (χ1n) is 8.49. The first-order valence-corrected chi connectivity index (χ1v) is 10.1. The van der Waals surface area contributed by atoms with Crippen LogP contribution in [0.1, 0.15) is 23.9 Å². The number of fused-ring (bicyclic) bond motifs is 1. The molecule has 0 atom stereocenters. The molecule has 142 valence electrons. The normalized spacial score (nSPS) is 17.9. The van der Waals surface area contributed by atoms with Gasteiger partial charge in [0.25, 0.3) is 5.91 Å². The van der Waals surface area contributed by atoms with Crippen LogP contribution in [0.3, 0.4) is 0 Å².